The number of imidazole rings is 1. The minimum absolute atomic E-state index is 0.555. The van der Waals surface area contributed by atoms with Gasteiger partial charge in [0, 0.05) is 23.3 Å². The highest BCUT2D eigenvalue weighted by molar-refractivity contribution is 9.10. The Kier molecular flexibility index (Phi) is 8.08. The smallest absolute Gasteiger partial charge is 0.110 e. The first-order valence-electron chi connectivity index (χ1n) is 9.50. The molecule has 4 rings (SSSR count). The number of allylic oxidation sites excluding steroid dienone is 1. The Morgan fingerprint density at radius 1 is 0.862 bits per heavy atom. The van der Waals surface area contributed by atoms with Crippen molar-refractivity contribution in [3.63, 3.8) is 0 Å². The van der Waals surface area contributed by atoms with E-state index in [1.165, 1.54) is 22.3 Å². The van der Waals surface area contributed by atoms with Crippen LogP contribution in [0, 0.1) is 0 Å². The molecule has 0 fully saturated rings. The third kappa shape index (κ3) is 6.61. The molecule has 1 aromatic heterocycles. The molecule has 29 heavy (non-hydrogen) atoms. The molecule has 0 spiro atoms. The fourth-order valence-electron chi connectivity index (χ4n) is 2.95. The highest BCUT2D eigenvalue weighted by Crippen LogP contribution is 2.23. The van der Waals surface area contributed by atoms with E-state index in [0.717, 1.165) is 16.7 Å². The number of nitrogens with one attached hydrogen (secondary N) is 1. The molecule has 3 aromatic carbocycles. The number of nitrogens with zero attached hydrogens (tertiary/aromatic N) is 1. The maximum Gasteiger partial charge on any atom is 0.110 e. The van der Waals surface area contributed by atoms with Crippen LogP contribution in [0.4, 0.5) is 0 Å². The van der Waals surface area contributed by atoms with Gasteiger partial charge in [0.1, 0.15) is 5.82 Å². The molecule has 0 unspecified atom stereocenters. The lowest BCUT2D eigenvalue weighted by molar-refractivity contribution is 1.03. The SMILES string of the molecule is Brc1ccc(Cc2ncc[nH]2)cc1.[B]CC=C(c1ccccc1)c1ccccc1. The zero-order valence-electron chi connectivity index (χ0n) is 16.1. The number of aromatic amines is 1. The van der Waals surface area contributed by atoms with Crippen molar-refractivity contribution >= 4 is 29.3 Å². The second-order valence-corrected chi connectivity index (χ2v) is 7.34. The van der Waals surface area contributed by atoms with E-state index in [2.05, 4.69) is 68.4 Å². The zero-order valence-corrected chi connectivity index (χ0v) is 17.7. The first kappa shape index (κ1) is 20.9. The normalized spacial score (nSPS) is 9.97. The molecule has 0 aliphatic rings. The predicted octanol–water partition coefficient (Wildman–Crippen LogP) is 6.47. The molecule has 0 aliphatic carbocycles. The summed E-state index contributed by atoms with van der Waals surface area (Å²) >= 11 is 3.40. The molecular formula is C25H22BBrN2. The Labute approximate surface area is 182 Å². The average Bonchev–Trinajstić information content (AvgIpc) is 3.28. The quantitative estimate of drug-likeness (QED) is 0.354. The van der Waals surface area contributed by atoms with Crippen LogP contribution in [0.15, 0.2) is 108 Å². The van der Waals surface area contributed by atoms with E-state index in [9.17, 15) is 0 Å². The molecule has 142 valence electrons. The van der Waals surface area contributed by atoms with Gasteiger partial charge < -0.3 is 4.98 Å². The van der Waals surface area contributed by atoms with Crippen LogP contribution in [0.1, 0.15) is 22.5 Å². The van der Waals surface area contributed by atoms with Gasteiger partial charge >= 0.3 is 0 Å². The Hall–Kier alpha value is -2.85. The second-order valence-electron chi connectivity index (χ2n) is 6.42. The van der Waals surface area contributed by atoms with Crippen LogP contribution in [0.5, 0.6) is 0 Å². The predicted molar refractivity (Wildman–Crippen MR) is 126 cm³/mol. The van der Waals surface area contributed by atoms with Gasteiger partial charge in [0.15, 0.2) is 0 Å². The number of hydrogen-bond donors (Lipinski definition) is 1. The van der Waals surface area contributed by atoms with Crippen molar-refractivity contribution in [2.75, 3.05) is 0 Å². The van der Waals surface area contributed by atoms with Gasteiger partial charge in [-0.1, -0.05) is 101 Å². The number of H-pyrrole nitrogens is 1. The van der Waals surface area contributed by atoms with Crippen LogP contribution in [-0.2, 0) is 6.42 Å². The molecule has 2 nitrogen and oxygen atoms in total. The third-order valence-corrected chi connectivity index (χ3v) is 4.86. The van der Waals surface area contributed by atoms with Crippen LogP contribution in [0.2, 0.25) is 6.32 Å². The summed E-state index contributed by atoms with van der Waals surface area (Å²) in [7, 11) is 5.63. The molecule has 4 heteroatoms. The number of hydrogen-bond acceptors (Lipinski definition) is 1. The largest absolute Gasteiger partial charge is 0.348 e. The molecule has 1 heterocycles. The highest BCUT2D eigenvalue weighted by atomic mass is 79.9. The van der Waals surface area contributed by atoms with Gasteiger partial charge in [-0.25, -0.2) is 4.98 Å². The summed E-state index contributed by atoms with van der Waals surface area (Å²) in [6, 6.07) is 28.9. The summed E-state index contributed by atoms with van der Waals surface area (Å²) in [5.41, 5.74) is 4.88. The van der Waals surface area contributed by atoms with Crippen LogP contribution in [-0.4, -0.2) is 17.8 Å². The van der Waals surface area contributed by atoms with Gasteiger partial charge in [0.2, 0.25) is 0 Å². The zero-order chi connectivity index (χ0) is 20.3. The fraction of sp³-hybridized carbons (Fsp3) is 0.0800. The van der Waals surface area contributed by atoms with Gasteiger partial charge in [-0.3, -0.25) is 0 Å². The van der Waals surface area contributed by atoms with Crippen molar-refractivity contribution in [2.45, 2.75) is 12.7 Å². The molecule has 0 aliphatic heterocycles. The molecule has 0 bridgehead atoms. The molecule has 0 amide bonds. The Morgan fingerprint density at radius 3 is 1.93 bits per heavy atom. The minimum atomic E-state index is 0.555. The molecule has 0 saturated heterocycles. The summed E-state index contributed by atoms with van der Waals surface area (Å²) in [5.74, 6) is 1.00. The molecule has 0 saturated carbocycles. The Balaban J connectivity index is 0.000000169. The van der Waals surface area contributed by atoms with Crippen molar-refractivity contribution < 1.29 is 0 Å². The van der Waals surface area contributed by atoms with Gasteiger partial charge in [-0.15, -0.1) is 0 Å². The first-order chi connectivity index (χ1) is 14.3. The maximum atomic E-state index is 5.63. The van der Waals surface area contributed by atoms with Crippen LogP contribution in [0.25, 0.3) is 5.57 Å². The van der Waals surface area contributed by atoms with Crippen molar-refractivity contribution in [3.8, 4) is 0 Å². The van der Waals surface area contributed by atoms with E-state index in [1.54, 1.807) is 6.20 Å². The summed E-state index contributed by atoms with van der Waals surface area (Å²) < 4.78 is 1.11. The van der Waals surface area contributed by atoms with Crippen molar-refractivity contribution in [1.82, 2.24) is 9.97 Å². The average molecular weight is 441 g/mol. The lowest BCUT2D eigenvalue weighted by Crippen LogP contribution is -1.89. The lowest BCUT2D eigenvalue weighted by atomic mass is 9.93. The second kappa shape index (κ2) is 11.2. The summed E-state index contributed by atoms with van der Waals surface area (Å²) in [5, 5.41) is 0. The number of benzene rings is 3. The van der Waals surface area contributed by atoms with Crippen LogP contribution >= 0.6 is 15.9 Å². The van der Waals surface area contributed by atoms with Gasteiger partial charge in [-0.05, 0) is 34.4 Å². The van der Waals surface area contributed by atoms with Gasteiger partial charge in [0.25, 0.3) is 0 Å². The fourth-order valence-corrected chi connectivity index (χ4v) is 3.21. The molecule has 0 atom stereocenters. The van der Waals surface area contributed by atoms with E-state index in [1.807, 2.05) is 54.7 Å². The van der Waals surface area contributed by atoms with E-state index in [-0.39, 0.29) is 0 Å². The van der Waals surface area contributed by atoms with Crippen molar-refractivity contribution in [2.24, 2.45) is 0 Å². The molecule has 2 radical (unpaired) electrons. The molecular weight excluding hydrogens is 419 g/mol. The van der Waals surface area contributed by atoms with E-state index in [4.69, 9.17) is 7.85 Å². The Morgan fingerprint density at radius 2 is 1.45 bits per heavy atom. The van der Waals surface area contributed by atoms with E-state index < -0.39 is 0 Å². The third-order valence-electron chi connectivity index (χ3n) is 4.33. The molecule has 4 aromatic rings. The van der Waals surface area contributed by atoms with Gasteiger partial charge in [0.05, 0.1) is 7.85 Å². The standard InChI is InChI=1S/C15H13B.C10H9BrN2/c16-12-11-15(13-7-3-1-4-8-13)14-9-5-2-6-10-14;11-9-3-1-8(2-4-9)7-10-12-5-6-13-10/h1-11H,12H2;1-6H,7H2,(H,12,13). The van der Waals surface area contributed by atoms with Crippen LogP contribution in [0.3, 0.4) is 0 Å². The number of aromatic nitrogens is 2. The summed E-state index contributed by atoms with van der Waals surface area (Å²) in [4.78, 5) is 7.24. The summed E-state index contributed by atoms with van der Waals surface area (Å²) in [6.07, 6.45) is 7.09. The summed E-state index contributed by atoms with van der Waals surface area (Å²) in [6.45, 7) is 0. The lowest BCUT2D eigenvalue weighted by Gasteiger charge is -2.07. The van der Waals surface area contributed by atoms with Crippen molar-refractivity contribution in [1.29, 1.82) is 0 Å². The number of rotatable bonds is 5. The van der Waals surface area contributed by atoms with Gasteiger partial charge in [-0.2, -0.15) is 0 Å². The Bertz CT molecular complexity index is 954. The number of halogens is 1. The van der Waals surface area contributed by atoms with E-state index in [0.29, 0.717) is 6.32 Å². The monoisotopic (exact) mass is 440 g/mol. The topological polar surface area (TPSA) is 28.7 Å². The molecule has 1 N–H and O–H groups in total. The van der Waals surface area contributed by atoms with Crippen LogP contribution < -0.4 is 0 Å². The first-order valence-corrected chi connectivity index (χ1v) is 10.3. The van der Waals surface area contributed by atoms with Crippen molar-refractivity contribution in [3.05, 3.63) is 130 Å². The minimum Gasteiger partial charge on any atom is -0.348 e. The maximum absolute atomic E-state index is 5.63. The van der Waals surface area contributed by atoms with E-state index >= 15 is 0 Å². The highest BCUT2D eigenvalue weighted by Gasteiger charge is 2.02.